The maximum absolute atomic E-state index is 7.94. The van der Waals surface area contributed by atoms with Gasteiger partial charge in [0.25, 0.3) is 0 Å². The SMILES string of the molecule is C=C.C=C.C=C.C=C.C=C.C=C.C=C.C=C.C=C.C=C.C=C.C=C.COCCO. The van der Waals surface area contributed by atoms with Gasteiger partial charge < -0.3 is 9.84 Å². The van der Waals surface area contributed by atoms with Crippen LogP contribution in [-0.2, 0) is 4.74 Å². The maximum Gasteiger partial charge on any atom is 0.0693 e. The monoisotopic (exact) mass is 412 g/mol. The lowest BCUT2D eigenvalue weighted by Crippen LogP contribution is -1.91. The predicted octanol–water partition coefficient (Wildman–Crippen LogP) is 9.25. The highest BCUT2D eigenvalue weighted by molar-refractivity contribution is 4.24. The molecule has 0 aliphatic heterocycles. The Morgan fingerprint density at radius 3 is 0.483 bits per heavy atom. The molecule has 0 unspecified atom stereocenters. The van der Waals surface area contributed by atoms with Gasteiger partial charge >= 0.3 is 0 Å². The Morgan fingerprint density at radius 1 is 0.379 bits per heavy atom. The second-order valence-electron chi connectivity index (χ2n) is 0.716. The van der Waals surface area contributed by atoms with Crippen LogP contribution in [0.4, 0.5) is 0 Å². The minimum atomic E-state index is 0.122. The molecule has 0 saturated heterocycles. The molecule has 0 amide bonds. The quantitative estimate of drug-likeness (QED) is 0.458. The zero-order valence-corrected chi connectivity index (χ0v) is 20.2. The molecule has 29 heavy (non-hydrogen) atoms. The Balaban J connectivity index is -0.00000000889. The van der Waals surface area contributed by atoms with E-state index in [1.54, 1.807) is 7.11 Å². The van der Waals surface area contributed by atoms with Crippen LogP contribution in [0, 0.1) is 0 Å². The van der Waals surface area contributed by atoms with Crippen molar-refractivity contribution < 1.29 is 9.84 Å². The highest BCUT2D eigenvalue weighted by atomic mass is 16.5. The molecule has 0 rings (SSSR count). The zero-order chi connectivity index (χ0) is 28.1. The Kier molecular flexibility index (Phi) is 1170000. The Bertz CT molecular complexity index is 82.7. The van der Waals surface area contributed by atoms with Crippen molar-refractivity contribution in [2.24, 2.45) is 0 Å². The van der Waals surface area contributed by atoms with E-state index in [0.717, 1.165) is 0 Å². The fourth-order valence-electron chi connectivity index (χ4n) is 0.0913. The summed E-state index contributed by atoms with van der Waals surface area (Å²) < 4.78 is 4.44. The van der Waals surface area contributed by atoms with Crippen molar-refractivity contribution in [1.82, 2.24) is 0 Å². The molecule has 0 bridgehead atoms. The summed E-state index contributed by atoms with van der Waals surface area (Å²) in [6.45, 7) is 72.6. The molecular formula is C27H56O2. The number of methoxy groups -OCH3 is 1. The fourth-order valence-corrected chi connectivity index (χ4v) is 0.0913. The summed E-state index contributed by atoms with van der Waals surface area (Å²) in [6, 6.07) is 0. The second kappa shape index (κ2) is 351000. The van der Waals surface area contributed by atoms with Crippen molar-refractivity contribution in [3.05, 3.63) is 158 Å². The van der Waals surface area contributed by atoms with Gasteiger partial charge in [0.2, 0.25) is 0 Å². The lowest BCUT2D eigenvalue weighted by atomic mass is 10.8. The standard InChI is InChI=1S/C3H8O2.12C2H4/c1-5-3-2-4;12*1-2/h4H,2-3H2,1H3;12*1-2H2. The van der Waals surface area contributed by atoms with Crippen LogP contribution in [0.2, 0.25) is 0 Å². The van der Waals surface area contributed by atoms with Crippen molar-refractivity contribution in [3.8, 4) is 0 Å². The molecule has 0 atom stereocenters. The summed E-state index contributed by atoms with van der Waals surface area (Å²) in [6.07, 6.45) is 0. The minimum absolute atomic E-state index is 0.122. The number of rotatable bonds is 2. The first kappa shape index (κ1) is 96.9. The van der Waals surface area contributed by atoms with E-state index in [4.69, 9.17) is 5.11 Å². The molecule has 2 nitrogen and oxygen atoms in total. The topological polar surface area (TPSA) is 29.5 Å². The van der Waals surface area contributed by atoms with E-state index in [2.05, 4.69) is 163 Å². The van der Waals surface area contributed by atoms with Crippen molar-refractivity contribution in [2.45, 2.75) is 0 Å². The average Bonchev–Trinajstić information content (AvgIpc) is 2.94. The summed E-state index contributed by atoms with van der Waals surface area (Å²) in [5, 5.41) is 7.94. The zero-order valence-electron chi connectivity index (χ0n) is 20.2. The van der Waals surface area contributed by atoms with Gasteiger partial charge in [-0.1, -0.05) is 0 Å². The third kappa shape index (κ3) is 8950. The lowest BCUT2D eigenvalue weighted by Gasteiger charge is -1.84. The molecule has 0 fully saturated rings. The van der Waals surface area contributed by atoms with E-state index in [1.165, 1.54) is 0 Å². The molecule has 1 N–H and O–H groups in total. The molecule has 0 saturated carbocycles. The maximum atomic E-state index is 7.94. The van der Waals surface area contributed by atoms with Gasteiger partial charge in [-0.15, -0.1) is 158 Å². The van der Waals surface area contributed by atoms with Gasteiger partial charge in [0.1, 0.15) is 0 Å². The third-order valence-electron chi connectivity index (χ3n) is 0.295. The van der Waals surface area contributed by atoms with E-state index in [9.17, 15) is 0 Å². The molecule has 176 valence electrons. The van der Waals surface area contributed by atoms with Gasteiger partial charge in [0, 0.05) is 7.11 Å². The van der Waals surface area contributed by atoms with Crippen molar-refractivity contribution in [1.29, 1.82) is 0 Å². The molecule has 0 radical (unpaired) electrons. The van der Waals surface area contributed by atoms with Gasteiger partial charge in [-0.2, -0.15) is 0 Å². The minimum Gasteiger partial charge on any atom is -0.394 e. The first-order chi connectivity index (χ1) is 14.4. The predicted molar refractivity (Wildman–Crippen MR) is 154 cm³/mol. The molecule has 2 heteroatoms. The van der Waals surface area contributed by atoms with E-state index >= 15 is 0 Å². The van der Waals surface area contributed by atoms with Crippen LogP contribution in [0.15, 0.2) is 158 Å². The Labute approximate surface area is 188 Å². The number of hydrogen-bond donors (Lipinski definition) is 1. The van der Waals surface area contributed by atoms with E-state index in [-0.39, 0.29) is 6.61 Å². The highest BCUT2D eigenvalue weighted by Crippen LogP contribution is 1.56. The van der Waals surface area contributed by atoms with Crippen LogP contribution in [0.25, 0.3) is 0 Å². The van der Waals surface area contributed by atoms with Crippen LogP contribution >= 0.6 is 0 Å². The summed E-state index contributed by atoms with van der Waals surface area (Å²) >= 11 is 0. The molecular weight excluding hydrogens is 356 g/mol. The lowest BCUT2D eigenvalue weighted by molar-refractivity contribution is 0.135. The summed E-state index contributed by atoms with van der Waals surface area (Å²) in [7, 11) is 1.55. The number of aliphatic hydroxyl groups excluding tert-OH is 1. The van der Waals surface area contributed by atoms with Crippen LogP contribution < -0.4 is 0 Å². The normalized spacial score (nSPS) is 3.10. The number of aliphatic hydroxyl groups is 1. The van der Waals surface area contributed by atoms with E-state index in [1.807, 2.05) is 0 Å². The number of ether oxygens (including phenoxy) is 1. The van der Waals surface area contributed by atoms with Crippen molar-refractivity contribution in [2.75, 3.05) is 20.3 Å². The van der Waals surface area contributed by atoms with Gasteiger partial charge in [0.15, 0.2) is 0 Å². The Hall–Kier alpha value is -3.20. The third-order valence-corrected chi connectivity index (χ3v) is 0.295. The van der Waals surface area contributed by atoms with Crippen LogP contribution in [-0.4, -0.2) is 25.4 Å². The largest absolute Gasteiger partial charge is 0.394 e. The van der Waals surface area contributed by atoms with Crippen LogP contribution in [0.5, 0.6) is 0 Å². The molecule has 0 aromatic carbocycles. The highest BCUT2D eigenvalue weighted by Gasteiger charge is 1.67. The first-order valence-corrected chi connectivity index (χ1v) is 7.51. The van der Waals surface area contributed by atoms with Gasteiger partial charge in [-0.3, -0.25) is 0 Å². The molecule has 0 aliphatic carbocycles. The fraction of sp³-hybridized carbons (Fsp3) is 0.111. The Morgan fingerprint density at radius 2 is 0.483 bits per heavy atom. The summed E-state index contributed by atoms with van der Waals surface area (Å²) in [5.41, 5.74) is 0. The summed E-state index contributed by atoms with van der Waals surface area (Å²) in [4.78, 5) is 0. The average molecular weight is 413 g/mol. The first-order valence-electron chi connectivity index (χ1n) is 7.51. The van der Waals surface area contributed by atoms with Crippen LogP contribution in [0.3, 0.4) is 0 Å². The number of hydrogen-bond acceptors (Lipinski definition) is 2. The molecule has 0 heterocycles. The van der Waals surface area contributed by atoms with E-state index < -0.39 is 0 Å². The van der Waals surface area contributed by atoms with Gasteiger partial charge in [-0.05, 0) is 0 Å². The second-order valence-corrected chi connectivity index (χ2v) is 0.716. The molecule has 0 aromatic rings. The van der Waals surface area contributed by atoms with Gasteiger partial charge in [-0.25, -0.2) is 0 Å². The van der Waals surface area contributed by atoms with Crippen molar-refractivity contribution >= 4 is 0 Å². The molecule has 0 spiro atoms. The van der Waals surface area contributed by atoms with E-state index in [0.29, 0.717) is 6.61 Å². The van der Waals surface area contributed by atoms with Gasteiger partial charge in [0.05, 0.1) is 13.2 Å². The smallest absolute Gasteiger partial charge is 0.0693 e. The van der Waals surface area contributed by atoms with Crippen molar-refractivity contribution in [3.63, 3.8) is 0 Å². The van der Waals surface area contributed by atoms with Crippen LogP contribution in [0.1, 0.15) is 0 Å². The summed E-state index contributed by atoms with van der Waals surface area (Å²) in [5.74, 6) is 0. The molecule has 0 aromatic heterocycles. The molecule has 0 aliphatic rings.